The van der Waals surface area contributed by atoms with Crippen LogP contribution < -0.4 is 5.32 Å². The van der Waals surface area contributed by atoms with Crippen molar-refractivity contribution in [3.63, 3.8) is 0 Å². The van der Waals surface area contributed by atoms with Crippen molar-refractivity contribution in [1.29, 1.82) is 0 Å². The normalized spacial score (nSPS) is 14.2. The first-order valence-electron chi connectivity index (χ1n) is 6.36. The molecule has 0 fully saturated rings. The number of benzene rings is 1. The average molecular weight is 263 g/mol. The van der Waals surface area contributed by atoms with E-state index in [1.807, 2.05) is 6.92 Å². The molecule has 1 heterocycles. The summed E-state index contributed by atoms with van der Waals surface area (Å²) in [5, 5.41) is 13.8. The van der Waals surface area contributed by atoms with Gasteiger partial charge in [-0.1, -0.05) is 6.92 Å². The van der Waals surface area contributed by atoms with Gasteiger partial charge in [-0.2, -0.15) is 0 Å². The summed E-state index contributed by atoms with van der Waals surface area (Å²) in [7, 11) is 1.64. The number of nitrogens with zero attached hydrogens (tertiary/aromatic N) is 2. The van der Waals surface area contributed by atoms with Gasteiger partial charge in [-0.05, 0) is 24.5 Å². The van der Waals surface area contributed by atoms with Crippen LogP contribution in [0.15, 0.2) is 12.1 Å². The van der Waals surface area contributed by atoms with Crippen LogP contribution in [-0.4, -0.2) is 35.9 Å². The number of rotatable bonds is 4. The lowest BCUT2D eigenvalue weighted by Crippen LogP contribution is -2.38. The van der Waals surface area contributed by atoms with Gasteiger partial charge in [-0.3, -0.25) is 14.9 Å². The molecule has 0 atom stereocenters. The highest BCUT2D eigenvalue weighted by molar-refractivity contribution is 5.98. The molecule has 102 valence electrons. The highest BCUT2D eigenvalue weighted by Crippen LogP contribution is 2.31. The second-order valence-electron chi connectivity index (χ2n) is 4.58. The first kappa shape index (κ1) is 13.3. The molecule has 0 saturated carbocycles. The largest absolute Gasteiger partial charge is 0.383 e. The molecule has 0 spiro atoms. The summed E-state index contributed by atoms with van der Waals surface area (Å²) in [6, 6.07) is 3.11. The number of hydrogen-bond acceptors (Lipinski definition) is 4. The minimum Gasteiger partial charge on any atom is -0.383 e. The molecule has 1 N–H and O–H groups in total. The fourth-order valence-corrected chi connectivity index (χ4v) is 2.40. The van der Waals surface area contributed by atoms with Crippen molar-refractivity contribution in [3.05, 3.63) is 33.4 Å². The van der Waals surface area contributed by atoms with Gasteiger partial charge >= 0.3 is 0 Å². The molecule has 1 aromatic rings. The Hall–Kier alpha value is -2.11. The topological polar surface area (TPSA) is 75.5 Å². The van der Waals surface area contributed by atoms with Gasteiger partial charge in [0.2, 0.25) is 0 Å². The van der Waals surface area contributed by atoms with Crippen molar-refractivity contribution in [2.45, 2.75) is 19.8 Å². The highest BCUT2D eigenvalue weighted by atomic mass is 16.6. The maximum absolute atomic E-state index is 12.3. The van der Waals surface area contributed by atoms with Crippen LogP contribution in [0.3, 0.4) is 0 Å². The van der Waals surface area contributed by atoms with Crippen LogP contribution in [0.2, 0.25) is 0 Å². The molecule has 0 aliphatic carbocycles. The maximum Gasteiger partial charge on any atom is 0.293 e. The van der Waals surface area contributed by atoms with Crippen molar-refractivity contribution in [3.8, 4) is 0 Å². The van der Waals surface area contributed by atoms with Crippen LogP contribution in [0.25, 0.3) is 0 Å². The summed E-state index contributed by atoms with van der Waals surface area (Å²) < 4.78 is 0. The Labute approximate surface area is 111 Å². The summed E-state index contributed by atoms with van der Waals surface area (Å²) in [6.07, 6.45) is 1.63. The number of carbonyl (C=O) groups excluding carboxylic acids is 1. The van der Waals surface area contributed by atoms with E-state index in [1.54, 1.807) is 18.0 Å². The quantitative estimate of drug-likeness (QED) is 0.666. The average Bonchev–Trinajstić information content (AvgIpc) is 2.40. The molecule has 0 saturated heterocycles. The molecular weight excluding hydrogens is 246 g/mol. The van der Waals surface area contributed by atoms with E-state index in [9.17, 15) is 14.9 Å². The standard InChI is InChI=1S/C13H17N3O3/c1-3-5-15-6-4-9-7-11(14-2)12(16(18)19)8-10(9)13(15)17/h7-8,14H,3-6H2,1-2H3. The molecule has 0 unspecified atom stereocenters. The Morgan fingerprint density at radius 2 is 2.21 bits per heavy atom. The number of nitrogens with one attached hydrogen (secondary N) is 1. The van der Waals surface area contributed by atoms with E-state index in [0.717, 1.165) is 18.4 Å². The van der Waals surface area contributed by atoms with Crippen molar-refractivity contribution in [2.24, 2.45) is 0 Å². The fraction of sp³-hybridized carbons (Fsp3) is 0.462. The van der Waals surface area contributed by atoms with Gasteiger partial charge < -0.3 is 10.2 Å². The Kier molecular flexibility index (Phi) is 3.69. The third-order valence-corrected chi connectivity index (χ3v) is 3.35. The van der Waals surface area contributed by atoms with Gasteiger partial charge in [0.05, 0.1) is 4.92 Å². The lowest BCUT2D eigenvalue weighted by molar-refractivity contribution is -0.384. The zero-order valence-electron chi connectivity index (χ0n) is 11.1. The van der Waals surface area contributed by atoms with Gasteiger partial charge in [0.1, 0.15) is 5.69 Å². The predicted octanol–water partition coefficient (Wildman–Crippen LogP) is 2.04. The summed E-state index contributed by atoms with van der Waals surface area (Å²) >= 11 is 0. The first-order valence-corrected chi connectivity index (χ1v) is 6.36. The van der Waals surface area contributed by atoms with Crippen molar-refractivity contribution in [2.75, 3.05) is 25.5 Å². The molecule has 0 bridgehead atoms. The SMILES string of the molecule is CCCN1CCc2cc(NC)c([N+](=O)[O-])cc2C1=O. The number of fused-ring (bicyclic) bond motifs is 1. The predicted molar refractivity (Wildman–Crippen MR) is 72.5 cm³/mol. The highest BCUT2D eigenvalue weighted by Gasteiger charge is 2.27. The van der Waals surface area contributed by atoms with Crippen molar-refractivity contribution < 1.29 is 9.72 Å². The first-order chi connectivity index (χ1) is 9.08. The molecule has 1 aliphatic rings. The minimum absolute atomic E-state index is 0.0482. The van der Waals surface area contributed by atoms with E-state index in [4.69, 9.17) is 0 Å². The van der Waals surface area contributed by atoms with Crippen molar-refractivity contribution in [1.82, 2.24) is 4.90 Å². The second kappa shape index (κ2) is 5.26. The Balaban J connectivity index is 2.46. The fourth-order valence-electron chi connectivity index (χ4n) is 2.40. The van der Waals surface area contributed by atoms with Crippen LogP contribution in [-0.2, 0) is 6.42 Å². The van der Waals surface area contributed by atoms with Crippen molar-refractivity contribution >= 4 is 17.3 Å². The maximum atomic E-state index is 12.3. The number of anilines is 1. The Morgan fingerprint density at radius 1 is 1.47 bits per heavy atom. The van der Waals surface area contributed by atoms with Crippen LogP contribution >= 0.6 is 0 Å². The smallest absolute Gasteiger partial charge is 0.293 e. The van der Waals surface area contributed by atoms with Crippen LogP contribution in [0.4, 0.5) is 11.4 Å². The molecule has 19 heavy (non-hydrogen) atoms. The monoisotopic (exact) mass is 263 g/mol. The molecule has 2 rings (SSSR count). The van der Waals surface area contributed by atoms with E-state index in [1.165, 1.54) is 6.07 Å². The zero-order chi connectivity index (χ0) is 14.0. The van der Waals surface area contributed by atoms with Gasteiger partial charge in [-0.15, -0.1) is 0 Å². The van der Waals surface area contributed by atoms with Gasteiger partial charge in [0.25, 0.3) is 11.6 Å². The van der Waals surface area contributed by atoms with E-state index < -0.39 is 4.92 Å². The number of nitro groups is 1. The van der Waals surface area contributed by atoms with Crippen LogP contribution in [0, 0.1) is 10.1 Å². The van der Waals surface area contributed by atoms with Gasteiger partial charge in [0, 0.05) is 31.8 Å². The molecule has 0 aromatic heterocycles. The third kappa shape index (κ3) is 2.38. The summed E-state index contributed by atoms with van der Waals surface area (Å²) in [5.41, 5.74) is 1.76. The van der Waals surface area contributed by atoms with Gasteiger partial charge in [-0.25, -0.2) is 0 Å². The van der Waals surface area contributed by atoms with E-state index in [0.29, 0.717) is 24.3 Å². The lowest BCUT2D eigenvalue weighted by Gasteiger charge is -2.28. The summed E-state index contributed by atoms with van der Waals surface area (Å²) in [4.78, 5) is 24.6. The van der Waals surface area contributed by atoms with Crippen LogP contribution in [0.1, 0.15) is 29.3 Å². The number of nitro benzene ring substituents is 1. The van der Waals surface area contributed by atoms with E-state index in [-0.39, 0.29) is 11.6 Å². The molecule has 6 nitrogen and oxygen atoms in total. The molecule has 0 radical (unpaired) electrons. The van der Waals surface area contributed by atoms with Gasteiger partial charge in [0.15, 0.2) is 0 Å². The number of amides is 1. The van der Waals surface area contributed by atoms with E-state index >= 15 is 0 Å². The Bertz CT molecular complexity index is 528. The van der Waals surface area contributed by atoms with E-state index in [2.05, 4.69) is 5.32 Å². The minimum atomic E-state index is -0.460. The van der Waals surface area contributed by atoms with Crippen LogP contribution in [0.5, 0.6) is 0 Å². The summed E-state index contributed by atoms with van der Waals surface area (Å²) in [5.74, 6) is -0.103. The summed E-state index contributed by atoms with van der Waals surface area (Å²) in [6.45, 7) is 3.38. The Morgan fingerprint density at radius 3 is 2.79 bits per heavy atom. The lowest BCUT2D eigenvalue weighted by atomic mass is 9.97. The molecule has 1 amide bonds. The number of hydrogen-bond donors (Lipinski definition) is 1. The number of carbonyl (C=O) groups is 1. The second-order valence-corrected chi connectivity index (χ2v) is 4.58. The molecule has 1 aliphatic heterocycles. The zero-order valence-corrected chi connectivity index (χ0v) is 11.1. The third-order valence-electron chi connectivity index (χ3n) is 3.35. The molecule has 6 heteroatoms. The molecular formula is C13H17N3O3. The molecule has 1 aromatic carbocycles.